The zero-order chi connectivity index (χ0) is 29.5. The molecule has 0 N–H and O–H groups in total. The molecule has 0 amide bonds. The molecule has 204 valence electrons. The van der Waals surface area contributed by atoms with Crippen molar-refractivity contribution in [2.45, 2.75) is 10.8 Å². The van der Waals surface area contributed by atoms with E-state index in [4.69, 9.17) is 22.3 Å². The molecule has 2 heteroatoms. The Labute approximate surface area is 256 Å². The fourth-order valence-corrected chi connectivity index (χ4v) is 8.24. The highest BCUT2D eigenvalue weighted by Gasteiger charge is 2.66. The molecule has 0 bridgehead atoms. The van der Waals surface area contributed by atoms with Gasteiger partial charge in [-0.1, -0.05) is 121 Å². The largest absolute Gasteiger partial charge is 0.457 e. The predicted molar refractivity (Wildman–Crippen MR) is 173 cm³/mol. The lowest BCUT2D eigenvalue weighted by Gasteiger charge is -2.59. The normalized spacial score (nSPS) is 15.0. The van der Waals surface area contributed by atoms with Crippen LogP contribution >= 0.6 is 0 Å². The van der Waals surface area contributed by atoms with Crippen molar-refractivity contribution in [1.29, 1.82) is 0 Å². The molecule has 6 aromatic carbocycles. The van der Waals surface area contributed by atoms with Crippen molar-refractivity contribution in [1.82, 2.24) is 0 Å². The van der Waals surface area contributed by atoms with Gasteiger partial charge in [0.25, 0.3) is 0 Å². The van der Waals surface area contributed by atoms with E-state index in [1.165, 1.54) is 11.1 Å². The Hall–Kier alpha value is -5.96. The van der Waals surface area contributed by atoms with Gasteiger partial charge in [0, 0.05) is 22.3 Å². The van der Waals surface area contributed by atoms with Gasteiger partial charge in [-0.3, -0.25) is 0 Å². The fourth-order valence-electron chi connectivity index (χ4n) is 8.24. The highest BCUT2D eigenvalue weighted by molar-refractivity contribution is 5.90. The minimum atomic E-state index is -0.865. The average Bonchev–Trinajstić information content (AvgIpc) is 3.09. The third-order valence-electron chi connectivity index (χ3n) is 9.67. The Morgan fingerprint density at radius 2 is 0.773 bits per heavy atom. The van der Waals surface area contributed by atoms with Crippen molar-refractivity contribution in [2.24, 2.45) is 0 Å². The van der Waals surface area contributed by atoms with Crippen LogP contribution in [0.1, 0.15) is 44.5 Å². The molecule has 2 nitrogen and oxygen atoms in total. The molecular weight excluding hydrogens is 536 g/mol. The summed E-state index contributed by atoms with van der Waals surface area (Å²) in [5.74, 6) is 8.77. The maximum Gasteiger partial charge on any atom is 0.147 e. The van der Waals surface area contributed by atoms with E-state index >= 15 is 0 Å². The Balaban J connectivity index is 1.64. The van der Waals surface area contributed by atoms with Crippen LogP contribution in [-0.4, -0.2) is 0 Å². The second-order valence-corrected chi connectivity index (χ2v) is 11.4. The predicted octanol–water partition coefficient (Wildman–Crippen LogP) is 9.21. The van der Waals surface area contributed by atoms with Gasteiger partial charge in [0.05, 0.1) is 22.0 Å². The SMILES string of the molecule is C#Cc1cccc2c1Oc1c(C#C)cccc1C21c2ccccc2-c2ccccc2C12c1ccccc1Oc1ccccc12. The summed E-state index contributed by atoms with van der Waals surface area (Å²) in [4.78, 5) is 0. The van der Waals surface area contributed by atoms with Gasteiger partial charge in [-0.15, -0.1) is 12.8 Å². The van der Waals surface area contributed by atoms with Gasteiger partial charge in [0.15, 0.2) is 0 Å². The number of para-hydroxylation sites is 4. The molecule has 2 spiro atoms. The van der Waals surface area contributed by atoms with E-state index in [0.29, 0.717) is 22.6 Å². The van der Waals surface area contributed by atoms with Crippen molar-refractivity contribution in [3.8, 4) is 58.8 Å². The first kappa shape index (κ1) is 24.6. The lowest BCUT2D eigenvalue weighted by atomic mass is 9.42. The molecule has 2 aliphatic heterocycles. The standard InChI is InChI=1S/C42H24O2/c1-3-27-15-13-23-35-39(27)44-40-28(4-2)16-14-24-36(40)42(35)32-20-8-6-18-30(32)29-17-5-7-19-31(29)41(42)33-21-9-11-25-37(33)43-38-26-12-10-22-34(38)41/h1-2,5-26H. The van der Waals surface area contributed by atoms with E-state index in [2.05, 4.69) is 109 Å². The highest BCUT2D eigenvalue weighted by Crippen LogP contribution is 2.72. The minimum Gasteiger partial charge on any atom is -0.457 e. The maximum atomic E-state index is 6.85. The molecule has 3 aliphatic rings. The van der Waals surface area contributed by atoms with Gasteiger partial charge in [-0.25, -0.2) is 0 Å². The number of benzene rings is 6. The van der Waals surface area contributed by atoms with E-state index in [-0.39, 0.29) is 0 Å². The van der Waals surface area contributed by atoms with Crippen LogP contribution in [0.4, 0.5) is 0 Å². The van der Waals surface area contributed by atoms with Crippen LogP contribution in [-0.2, 0) is 10.8 Å². The topological polar surface area (TPSA) is 18.5 Å². The lowest BCUT2D eigenvalue weighted by Crippen LogP contribution is -2.56. The first-order valence-corrected chi connectivity index (χ1v) is 14.7. The average molecular weight is 561 g/mol. The molecule has 0 fully saturated rings. The monoisotopic (exact) mass is 560 g/mol. The van der Waals surface area contributed by atoms with Crippen molar-refractivity contribution < 1.29 is 9.47 Å². The first-order chi connectivity index (χ1) is 21.7. The number of rotatable bonds is 0. The van der Waals surface area contributed by atoms with Crippen molar-refractivity contribution >= 4 is 0 Å². The van der Waals surface area contributed by atoms with E-state index in [0.717, 1.165) is 44.9 Å². The van der Waals surface area contributed by atoms with Gasteiger partial charge >= 0.3 is 0 Å². The molecule has 0 radical (unpaired) electrons. The molecule has 9 rings (SSSR count). The highest BCUT2D eigenvalue weighted by atomic mass is 16.5. The molecule has 0 unspecified atom stereocenters. The Morgan fingerprint density at radius 1 is 0.386 bits per heavy atom. The van der Waals surface area contributed by atoms with Crippen LogP contribution in [0.5, 0.6) is 23.0 Å². The number of ether oxygens (including phenoxy) is 2. The second kappa shape index (κ2) is 8.78. The van der Waals surface area contributed by atoms with E-state index in [1.54, 1.807) is 0 Å². The van der Waals surface area contributed by atoms with E-state index in [9.17, 15) is 0 Å². The molecule has 0 saturated carbocycles. The molecule has 0 atom stereocenters. The number of hydrogen-bond acceptors (Lipinski definition) is 2. The van der Waals surface area contributed by atoms with Crippen LogP contribution < -0.4 is 9.47 Å². The first-order valence-electron chi connectivity index (χ1n) is 14.7. The quantitative estimate of drug-likeness (QED) is 0.172. The summed E-state index contributed by atoms with van der Waals surface area (Å²) in [5, 5.41) is 0. The van der Waals surface area contributed by atoms with Crippen molar-refractivity contribution in [3.05, 3.63) is 178 Å². The summed E-state index contributed by atoms with van der Waals surface area (Å²) >= 11 is 0. The molecule has 1 aliphatic carbocycles. The second-order valence-electron chi connectivity index (χ2n) is 11.4. The molecule has 6 aromatic rings. The Morgan fingerprint density at radius 3 is 1.25 bits per heavy atom. The van der Waals surface area contributed by atoms with Gasteiger partial charge < -0.3 is 9.47 Å². The lowest BCUT2D eigenvalue weighted by molar-refractivity contribution is 0.318. The smallest absolute Gasteiger partial charge is 0.147 e. The summed E-state index contributed by atoms with van der Waals surface area (Å²) in [6.45, 7) is 0. The number of fused-ring (bicyclic) bond motifs is 14. The summed E-state index contributed by atoms with van der Waals surface area (Å²) in [5.41, 5.74) is 8.46. The van der Waals surface area contributed by atoms with Crippen LogP contribution in [0.3, 0.4) is 0 Å². The van der Waals surface area contributed by atoms with Gasteiger partial charge in [-0.05, 0) is 46.5 Å². The fraction of sp³-hybridized carbons (Fsp3) is 0.0476. The molecule has 0 saturated heterocycles. The van der Waals surface area contributed by atoms with E-state index < -0.39 is 10.8 Å². The molecule has 44 heavy (non-hydrogen) atoms. The van der Waals surface area contributed by atoms with Gasteiger partial charge in [0.2, 0.25) is 0 Å². The zero-order valence-electron chi connectivity index (χ0n) is 23.7. The summed E-state index contributed by atoms with van der Waals surface area (Å²) in [6, 6.07) is 46.7. The molecule has 0 aromatic heterocycles. The van der Waals surface area contributed by atoms with Crippen molar-refractivity contribution in [3.63, 3.8) is 0 Å². The third-order valence-corrected chi connectivity index (χ3v) is 9.67. The Kier molecular flexibility index (Phi) is 4.91. The Bertz CT molecular complexity index is 2170. The van der Waals surface area contributed by atoms with Gasteiger partial charge in [0.1, 0.15) is 23.0 Å². The zero-order valence-corrected chi connectivity index (χ0v) is 23.7. The van der Waals surface area contributed by atoms with Crippen LogP contribution in [0.15, 0.2) is 133 Å². The molecular formula is C42H24O2. The minimum absolute atomic E-state index is 0.653. The third kappa shape index (κ3) is 2.74. The van der Waals surface area contributed by atoms with Crippen molar-refractivity contribution in [2.75, 3.05) is 0 Å². The van der Waals surface area contributed by atoms with E-state index in [1.807, 2.05) is 36.4 Å². The summed E-state index contributed by atoms with van der Waals surface area (Å²) < 4.78 is 13.6. The number of terminal acetylenes is 2. The van der Waals surface area contributed by atoms with Crippen LogP contribution in [0.25, 0.3) is 11.1 Å². The summed E-state index contributed by atoms with van der Waals surface area (Å²) in [6.07, 6.45) is 12.4. The maximum absolute atomic E-state index is 6.85. The van der Waals surface area contributed by atoms with Crippen LogP contribution in [0.2, 0.25) is 0 Å². The van der Waals surface area contributed by atoms with Crippen LogP contribution in [0, 0.1) is 24.7 Å². The summed E-state index contributed by atoms with van der Waals surface area (Å²) in [7, 11) is 0. The van der Waals surface area contributed by atoms with Gasteiger partial charge in [-0.2, -0.15) is 0 Å². The number of hydrogen-bond donors (Lipinski definition) is 0. The molecule has 2 heterocycles.